The SMILES string of the molecule is CC1(c2ccccn2)OCC(CCN)O1. The Morgan fingerprint density at radius 3 is 3.13 bits per heavy atom. The van der Waals surface area contributed by atoms with Crippen LogP contribution in [-0.4, -0.2) is 24.2 Å². The summed E-state index contributed by atoms with van der Waals surface area (Å²) in [5.41, 5.74) is 6.29. The van der Waals surface area contributed by atoms with Gasteiger partial charge in [0.1, 0.15) is 0 Å². The number of hydrogen-bond donors (Lipinski definition) is 1. The predicted octanol–water partition coefficient (Wildman–Crippen LogP) is 1.02. The minimum absolute atomic E-state index is 0.0852. The second-order valence-corrected chi connectivity index (χ2v) is 3.79. The summed E-state index contributed by atoms with van der Waals surface area (Å²) in [6.45, 7) is 3.10. The maximum atomic E-state index is 5.81. The molecule has 1 saturated heterocycles. The van der Waals surface area contributed by atoms with Crippen LogP contribution in [0.5, 0.6) is 0 Å². The first-order valence-corrected chi connectivity index (χ1v) is 5.18. The van der Waals surface area contributed by atoms with Crippen LogP contribution >= 0.6 is 0 Å². The van der Waals surface area contributed by atoms with Crippen molar-refractivity contribution in [3.8, 4) is 0 Å². The lowest BCUT2D eigenvalue weighted by atomic mass is 10.2. The zero-order valence-electron chi connectivity index (χ0n) is 8.85. The standard InChI is InChI=1S/C11H16N2O2/c1-11(10-4-2-3-7-13-10)14-8-9(15-11)5-6-12/h2-4,7,9H,5-6,8,12H2,1H3. The van der Waals surface area contributed by atoms with Gasteiger partial charge >= 0.3 is 0 Å². The van der Waals surface area contributed by atoms with Crippen molar-refractivity contribution >= 4 is 0 Å². The minimum Gasteiger partial charge on any atom is -0.342 e. The van der Waals surface area contributed by atoms with Crippen molar-refractivity contribution in [2.75, 3.05) is 13.2 Å². The summed E-state index contributed by atoms with van der Waals surface area (Å²) in [6.07, 6.45) is 2.65. The van der Waals surface area contributed by atoms with Gasteiger partial charge in [-0.2, -0.15) is 0 Å². The lowest BCUT2D eigenvalue weighted by Gasteiger charge is -2.22. The molecule has 0 bridgehead atoms. The maximum Gasteiger partial charge on any atom is 0.209 e. The smallest absolute Gasteiger partial charge is 0.209 e. The summed E-state index contributed by atoms with van der Waals surface area (Å²) in [5, 5.41) is 0. The van der Waals surface area contributed by atoms with Crippen LogP contribution in [0, 0.1) is 0 Å². The third-order valence-corrected chi connectivity index (χ3v) is 2.56. The summed E-state index contributed by atoms with van der Waals surface area (Å²) in [5.74, 6) is -0.707. The molecule has 0 saturated carbocycles. The molecule has 2 atom stereocenters. The molecule has 15 heavy (non-hydrogen) atoms. The average molecular weight is 208 g/mol. The van der Waals surface area contributed by atoms with Gasteiger partial charge in [-0.25, -0.2) is 0 Å². The highest BCUT2D eigenvalue weighted by atomic mass is 16.7. The van der Waals surface area contributed by atoms with Crippen molar-refractivity contribution in [1.29, 1.82) is 0 Å². The Morgan fingerprint density at radius 2 is 2.47 bits per heavy atom. The van der Waals surface area contributed by atoms with E-state index in [-0.39, 0.29) is 6.10 Å². The fourth-order valence-electron chi connectivity index (χ4n) is 1.73. The second kappa shape index (κ2) is 4.26. The van der Waals surface area contributed by atoms with Crippen LogP contribution in [0.1, 0.15) is 19.0 Å². The lowest BCUT2D eigenvalue weighted by molar-refractivity contribution is -0.165. The molecular formula is C11H16N2O2. The highest BCUT2D eigenvalue weighted by Gasteiger charge is 2.39. The average Bonchev–Trinajstić information content (AvgIpc) is 2.64. The number of aromatic nitrogens is 1. The van der Waals surface area contributed by atoms with E-state index in [9.17, 15) is 0 Å². The molecule has 0 aliphatic carbocycles. The molecule has 0 radical (unpaired) electrons. The Kier molecular flexibility index (Phi) is 3.00. The first-order valence-electron chi connectivity index (χ1n) is 5.18. The highest BCUT2D eigenvalue weighted by molar-refractivity contribution is 5.10. The molecule has 82 valence electrons. The van der Waals surface area contributed by atoms with Crippen molar-refractivity contribution in [3.63, 3.8) is 0 Å². The van der Waals surface area contributed by atoms with E-state index in [1.165, 1.54) is 0 Å². The molecule has 2 N–H and O–H groups in total. The van der Waals surface area contributed by atoms with Crippen molar-refractivity contribution in [1.82, 2.24) is 4.98 Å². The van der Waals surface area contributed by atoms with Crippen LogP contribution in [-0.2, 0) is 15.3 Å². The van der Waals surface area contributed by atoms with Crippen LogP contribution in [0.2, 0.25) is 0 Å². The highest BCUT2D eigenvalue weighted by Crippen LogP contribution is 2.33. The summed E-state index contributed by atoms with van der Waals surface area (Å²) < 4.78 is 11.5. The number of pyridine rings is 1. The largest absolute Gasteiger partial charge is 0.342 e. The van der Waals surface area contributed by atoms with Crippen molar-refractivity contribution < 1.29 is 9.47 Å². The van der Waals surface area contributed by atoms with Gasteiger partial charge in [-0.05, 0) is 32.0 Å². The van der Waals surface area contributed by atoms with Gasteiger partial charge in [0.25, 0.3) is 0 Å². The molecule has 2 unspecified atom stereocenters. The zero-order valence-corrected chi connectivity index (χ0v) is 8.85. The molecule has 4 heteroatoms. The number of ether oxygens (including phenoxy) is 2. The summed E-state index contributed by atoms with van der Waals surface area (Å²) >= 11 is 0. The van der Waals surface area contributed by atoms with Gasteiger partial charge in [-0.1, -0.05) is 6.07 Å². The minimum atomic E-state index is -0.707. The van der Waals surface area contributed by atoms with Gasteiger partial charge in [0.15, 0.2) is 0 Å². The number of hydrogen-bond acceptors (Lipinski definition) is 4. The number of nitrogens with two attached hydrogens (primary N) is 1. The molecule has 1 aliphatic heterocycles. The number of rotatable bonds is 3. The van der Waals surface area contributed by atoms with Crippen LogP contribution in [0.3, 0.4) is 0 Å². The first kappa shape index (κ1) is 10.5. The molecule has 4 nitrogen and oxygen atoms in total. The van der Waals surface area contributed by atoms with Gasteiger partial charge in [-0.15, -0.1) is 0 Å². The van der Waals surface area contributed by atoms with E-state index < -0.39 is 5.79 Å². The van der Waals surface area contributed by atoms with E-state index in [4.69, 9.17) is 15.2 Å². The van der Waals surface area contributed by atoms with Gasteiger partial charge in [0.2, 0.25) is 5.79 Å². The summed E-state index contributed by atoms with van der Waals surface area (Å²) in [7, 11) is 0. The van der Waals surface area contributed by atoms with E-state index in [0.717, 1.165) is 12.1 Å². The van der Waals surface area contributed by atoms with Gasteiger partial charge in [-0.3, -0.25) is 4.98 Å². The maximum absolute atomic E-state index is 5.81. The first-order chi connectivity index (χ1) is 7.24. The van der Waals surface area contributed by atoms with E-state index in [2.05, 4.69) is 4.98 Å². The van der Waals surface area contributed by atoms with Crippen LogP contribution in [0.4, 0.5) is 0 Å². The zero-order chi connectivity index (χ0) is 10.7. The van der Waals surface area contributed by atoms with Crippen LogP contribution < -0.4 is 5.73 Å². The van der Waals surface area contributed by atoms with Gasteiger partial charge < -0.3 is 15.2 Å². The molecular weight excluding hydrogens is 192 g/mol. The Labute approximate surface area is 89.4 Å². The van der Waals surface area contributed by atoms with Crippen molar-refractivity contribution in [2.24, 2.45) is 5.73 Å². The summed E-state index contributed by atoms with van der Waals surface area (Å²) in [6, 6.07) is 5.71. The quantitative estimate of drug-likeness (QED) is 0.805. The topological polar surface area (TPSA) is 57.4 Å². The molecule has 1 aromatic rings. The van der Waals surface area contributed by atoms with E-state index in [1.807, 2.05) is 25.1 Å². The van der Waals surface area contributed by atoms with Crippen molar-refractivity contribution in [3.05, 3.63) is 30.1 Å². The Balaban J connectivity index is 2.10. The normalized spacial score (nSPS) is 30.7. The lowest BCUT2D eigenvalue weighted by Crippen LogP contribution is -2.25. The second-order valence-electron chi connectivity index (χ2n) is 3.79. The fourth-order valence-corrected chi connectivity index (χ4v) is 1.73. The monoisotopic (exact) mass is 208 g/mol. The van der Waals surface area contributed by atoms with Crippen molar-refractivity contribution in [2.45, 2.75) is 25.2 Å². The molecule has 1 aliphatic rings. The molecule has 2 rings (SSSR count). The van der Waals surface area contributed by atoms with Gasteiger partial charge in [0.05, 0.1) is 18.4 Å². The van der Waals surface area contributed by atoms with Crippen LogP contribution in [0.15, 0.2) is 24.4 Å². The predicted molar refractivity (Wildman–Crippen MR) is 56.1 cm³/mol. The molecule has 1 fully saturated rings. The molecule has 0 spiro atoms. The van der Waals surface area contributed by atoms with E-state index >= 15 is 0 Å². The Hall–Kier alpha value is -0.970. The third-order valence-electron chi connectivity index (χ3n) is 2.56. The fraction of sp³-hybridized carbons (Fsp3) is 0.545. The molecule has 2 heterocycles. The number of nitrogens with zero attached hydrogens (tertiary/aromatic N) is 1. The molecule has 1 aromatic heterocycles. The summed E-state index contributed by atoms with van der Waals surface area (Å²) in [4.78, 5) is 4.25. The van der Waals surface area contributed by atoms with E-state index in [0.29, 0.717) is 13.2 Å². The Bertz CT molecular complexity index is 318. The Morgan fingerprint density at radius 1 is 1.60 bits per heavy atom. The molecule has 0 aromatic carbocycles. The third kappa shape index (κ3) is 2.17. The van der Waals surface area contributed by atoms with Crippen LogP contribution in [0.25, 0.3) is 0 Å². The van der Waals surface area contributed by atoms with E-state index in [1.54, 1.807) is 6.20 Å². The molecule has 0 amide bonds. The van der Waals surface area contributed by atoms with Gasteiger partial charge in [0, 0.05) is 6.20 Å².